The molecule has 4 N–H and O–H groups in total. The third kappa shape index (κ3) is 5.35. The van der Waals surface area contributed by atoms with Crippen LogP contribution < -0.4 is 16.4 Å². The molecule has 0 saturated heterocycles. The van der Waals surface area contributed by atoms with Gasteiger partial charge in [0.1, 0.15) is 5.82 Å². The SMILES string of the molecule is COCCNC(=O)CCNC(=O)c1cccnc1N. The van der Waals surface area contributed by atoms with E-state index >= 15 is 0 Å². The zero-order valence-electron chi connectivity index (χ0n) is 10.8. The van der Waals surface area contributed by atoms with Gasteiger partial charge in [0.15, 0.2) is 0 Å². The van der Waals surface area contributed by atoms with Crippen molar-refractivity contribution in [1.29, 1.82) is 0 Å². The van der Waals surface area contributed by atoms with E-state index in [2.05, 4.69) is 15.6 Å². The van der Waals surface area contributed by atoms with Crippen LogP contribution in [-0.2, 0) is 9.53 Å². The van der Waals surface area contributed by atoms with Gasteiger partial charge in [-0.05, 0) is 12.1 Å². The van der Waals surface area contributed by atoms with Crippen LogP contribution in [0.2, 0.25) is 0 Å². The van der Waals surface area contributed by atoms with E-state index in [0.717, 1.165) is 0 Å². The summed E-state index contributed by atoms with van der Waals surface area (Å²) < 4.78 is 4.80. The Labute approximate surface area is 111 Å². The maximum absolute atomic E-state index is 11.7. The molecule has 0 aliphatic carbocycles. The minimum Gasteiger partial charge on any atom is -0.383 e. The molecule has 104 valence electrons. The Morgan fingerprint density at radius 1 is 1.37 bits per heavy atom. The van der Waals surface area contributed by atoms with Crippen LogP contribution in [0.15, 0.2) is 18.3 Å². The standard InChI is InChI=1S/C12H18N4O3/c1-19-8-7-14-10(17)4-6-16-12(18)9-3-2-5-15-11(9)13/h2-3,5H,4,6-8H2,1H3,(H2,13,15)(H,14,17)(H,16,18). The molecule has 1 heterocycles. The molecular formula is C12H18N4O3. The Bertz CT molecular complexity index is 437. The van der Waals surface area contributed by atoms with E-state index in [1.165, 1.54) is 6.20 Å². The number of hydrogen-bond donors (Lipinski definition) is 3. The maximum atomic E-state index is 11.7. The number of rotatable bonds is 7. The molecule has 0 fully saturated rings. The first-order valence-electron chi connectivity index (χ1n) is 5.89. The summed E-state index contributed by atoms with van der Waals surface area (Å²) in [6.07, 6.45) is 1.71. The molecule has 7 heteroatoms. The minimum absolute atomic E-state index is 0.142. The van der Waals surface area contributed by atoms with Gasteiger partial charge in [-0.3, -0.25) is 9.59 Å². The smallest absolute Gasteiger partial charge is 0.255 e. The van der Waals surface area contributed by atoms with E-state index in [-0.39, 0.29) is 30.6 Å². The normalized spacial score (nSPS) is 9.95. The zero-order valence-corrected chi connectivity index (χ0v) is 10.8. The van der Waals surface area contributed by atoms with Gasteiger partial charge in [0.2, 0.25) is 5.91 Å². The van der Waals surface area contributed by atoms with E-state index < -0.39 is 0 Å². The summed E-state index contributed by atoms with van der Waals surface area (Å²) >= 11 is 0. The van der Waals surface area contributed by atoms with Crippen LogP contribution in [0.25, 0.3) is 0 Å². The number of carbonyl (C=O) groups is 2. The van der Waals surface area contributed by atoms with Gasteiger partial charge in [-0.15, -0.1) is 0 Å². The number of methoxy groups -OCH3 is 1. The Hall–Kier alpha value is -2.15. The Morgan fingerprint density at radius 2 is 2.16 bits per heavy atom. The van der Waals surface area contributed by atoms with Gasteiger partial charge in [0.05, 0.1) is 12.2 Å². The average Bonchev–Trinajstić information content (AvgIpc) is 2.39. The highest BCUT2D eigenvalue weighted by Gasteiger charge is 2.09. The molecule has 0 aliphatic heterocycles. The third-order valence-electron chi connectivity index (χ3n) is 2.35. The molecule has 0 spiro atoms. The summed E-state index contributed by atoms with van der Waals surface area (Å²) in [5.41, 5.74) is 5.88. The first kappa shape index (κ1) is 14.9. The highest BCUT2D eigenvalue weighted by molar-refractivity contribution is 5.98. The quantitative estimate of drug-likeness (QED) is 0.579. The topological polar surface area (TPSA) is 106 Å². The molecule has 7 nitrogen and oxygen atoms in total. The average molecular weight is 266 g/mol. The van der Waals surface area contributed by atoms with Crippen molar-refractivity contribution in [1.82, 2.24) is 15.6 Å². The van der Waals surface area contributed by atoms with Crippen molar-refractivity contribution >= 4 is 17.6 Å². The van der Waals surface area contributed by atoms with Gasteiger partial charge in [-0.25, -0.2) is 4.98 Å². The molecule has 0 unspecified atom stereocenters. The molecule has 0 aromatic carbocycles. The molecule has 19 heavy (non-hydrogen) atoms. The summed E-state index contributed by atoms with van der Waals surface area (Å²) in [6.45, 7) is 1.16. The van der Waals surface area contributed by atoms with E-state index in [1.807, 2.05) is 0 Å². The fourth-order valence-corrected chi connectivity index (χ4v) is 1.38. The number of nitrogens with zero attached hydrogens (tertiary/aromatic N) is 1. The van der Waals surface area contributed by atoms with Crippen LogP contribution >= 0.6 is 0 Å². The predicted octanol–water partition coefficient (Wildman–Crippen LogP) is -0.454. The predicted molar refractivity (Wildman–Crippen MR) is 70.5 cm³/mol. The lowest BCUT2D eigenvalue weighted by atomic mass is 10.2. The lowest BCUT2D eigenvalue weighted by Crippen LogP contribution is -2.32. The number of nitrogen functional groups attached to an aromatic ring is 1. The Morgan fingerprint density at radius 3 is 2.84 bits per heavy atom. The Kier molecular flexibility index (Phi) is 6.31. The van der Waals surface area contributed by atoms with Crippen molar-refractivity contribution in [3.8, 4) is 0 Å². The monoisotopic (exact) mass is 266 g/mol. The summed E-state index contributed by atoms with van der Waals surface area (Å²) in [7, 11) is 1.56. The second kappa shape index (κ2) is 8.04. The highest BCUT2D eigenvalue weighted by Crippen LogP contribution is 2.05. The van der Waals surface area contributed by atoms with Crippen LogP contribution in [0.3, 0.4) is 0 Å². The third-order valence-corrected chi connectivity index (χ3v) is 2.35. The summed E-state index contributed by atoms with van der Waals surface area (Å²) in [5, 5.41) is 5.27. The molecule has 0 atom stereocenters. The van der Waals surface area contributed by atoms with Crippen molar-refractivity contribution in [2.24, 2.45) is 0 Å². The van der Waals surface area contributed by atoms with Crippen LogP contribution in [0.4, 0.5) is 5.82 Å². The summed E-state index contributed by atoms with van der Waals surface area (Å²) in [5.74, 6) is -0.309. The van der Waals surface area contributed by atoms with Gasteiger partial charge < -0.3 is 21.1 Å². The maximum Gasteiger partial charge on any atom is 0.255 e. The Balaban J connectivity index is 2.28. The lowest BCUT2D eigenvalue weighted by Gasteiger charge is -2.07. The molecule has 0 radical (unpaired) electrons. The lowest BCUT2D eigenvalue weighted by molar-refractivity contribution is -0.121. The largest absolute Gasteiger partial charge is 0.383 e. The van der Waals surface area contributed by atoms with Crippen LogP contribution in [0, 0.1) is 0 Å². The summed E-state index contributed by atoms with van der Waals surface area (Å²) in [6, 6.07) is 3.21. The number of anilines is 1. The zero-order chi connectivity index (χ0) is 14.1. The highest BCUT2D eigenvalue weighted by atomic mass is 16.5. The number of aromatic nitrogens is 1. The van der Waals surface area contributed by atoms with Gasteiger partial charge >= 0.3 is 0 Å². The van der Waals surface area contributed by atoms with Crippen molar-refractivity contribution in [2.75, 3.05) is 32.5 Å². The number of hydrogen-bond acceptors (Lipinski definition) is 5. The van der Waals surface area contributed by atoms with E-state index in [9.17, 15) is 9.59 Å². The van der Waals surface area contributed by atoms with E-state index in [1.54, 1.807) is 19.2 Å². The molecular weight excluding hydrogens is 248 g/mol. The number of carbonyl (C=O) groups excluding carboxylic acids is 2. The van der Waals surface area contributed by atoms with Crippen molar-refractivity contribution in [2.45, 2.75) is 6.42 Å². The van der Waals surface area contributed by atoms with E-state index in [4.69, 9.17) is 10.5 Å². The van der Waals surface area contributed by atoms with Gasteiger partial charge in [-0.1, -0.05) is 0 Å². The summed E-state index contributed by atoms with van der Waals surface area (Å²) in [4.78, 5) is 26.9. The van der Waals surface area contributed by atoms with Crippen LogP contribution in [-0.4, -0.2) is 43.6 Å². The van der Waals surface area contributed by atoms with Crippen molar-refractivity contribution < 1.29 is 14.3 Å². The molecule has 1 aromatic rings. The van der Waals surface area contributed by atoms with Crippen LogP contribution in [0.5, 0.6) is 0 Å². The minimum atomic E-state index is -0.338. The second-order valence-electron chi connectivity index (χ2n) is 3.78. The first-order chi connectivity index (χ1) is 9.15. The number of ether oxygens (including phenoxy) is 1. The molecule has 0 aliphatic rings. The van der Waals surface area contributed by atoms with Crippen molar-refractivity contribution in [3.63, 3.8) is 0 Å². The molecule has 0 saturated carbocycles. The number of nitrogens with two attached hydrogens (primary N) is 1. The van der Waals surface area contributed by atoms with Gasteiger partial charge in [0.25, 0.3) is 5.91 Å². The van der Waals surface area contributed by atoms with Gasteiger partial charge in [0, 0.05) is 32.8 Å². The number of nitrogens with one attached hydrogen (secondary N) is 2. The second-order valence-corrected chi connectivity index (χ2v) is 3.78. The van der Waals surface area contributed by atoms with Gasteiger partial charge in [-0.2, -0.15) is 0 Å². The molecule has 2 amide bonds. The fourth-order valence-electron chi connectivity index (χ4n) is 1.38. The fraction of sp³-hybridized carbons (Fsp3) is 0.417. The van der Waals surface area contributed by atoms with E-state index in [0.29, 0.717) is 18.7 Å². The first-order valence-corrected chi connectivity index (χ1v) is 5.89. The number of pyridine rings is 1. The molecule has 1 rings (SSSR count). The van der Waals surface area contributed by atoms with Crippen LogP contribution in [0.1, 0.15) is 16.8 Å². The molecule has 0 bridgehead atoms. The number of amides is 2. The van der Waals surface area contributed by atoms with Crippen molar-refractivity contribution in [3.05, 3.63) is 23.9 Å². The molecule has 1 aromatic heterocycles.